The molecule has 1 aliphatic heterocycles. The number of aliphatic hydroxyl groups is 1. The lowest BCUT2D eigenvalue weighted by atomic mass is 9.94. The molecule has 174 valence electrons. The zero-order valence-electron chi connectivity index (χ0n) is 18.0. The summed E-state index contributed by atoms with van der Waals surface area (Å²) in [5.74, 6) is -3.12. The predicted molar refractivity (Wildman–Crippen MR) is 127 cm³/mol. The van der Waals surface area contributed by atoms with Crippen LogP contribution in [-0.2, 0) is 9.59 Å². The van der Waals surface area contributed by atoms with Crippen LogP contribution in [0.2, 0.25) is 10.0 Å². The summed E-state index contributed by atoms with van der Waals surface area (Å²) < 4.78 is 25.5. The second-order valence-electron chi connectivity index (χ2n) is 7.31. The fourth-order valence-corrected chi connectivity index (χ4v) is 4.66. The number of methoxy groups -OCH3 is 2. The van der Waals surface area contributed by atoms with Gasteiger partial charge >= 0.3 is 0 Å². The predicted octanol–water partition coefficient (Wildman–Crippen LogP) is 5.78. The topological polar surface area (TPSA) is 76.1 Å². The lowest BCUT2D eigenvalue weighted by molar-refractivity contribution is -0.132. The number of halogens is 3. The molecule has 4 rings (SSSR count). The summed E-state index contributed by atoms with van der Waals surface area (Å²) in [4.78, 5) is 27.5. The number of para-hydroxylation sites is 1. The van der Waals surface area contributed by atoms with Gasteiger partial charge in [0.1, 0.15) is 16.6 Å². The number of rotatable bonds is 5. The molecule has 9 heteroatoms. The van der Waals surface area contributed by atoms with Crippen LogP contribution in [0.4, 0.5) is 10.1 Å². The van der Waals surface area contributed by atoms with Gasteiger partial charge in [0.25, 0.3) is 11.7 Å². The molecular formula is C25H18Cl2FNO5. The van der Waals surface area contributed by atoms with Crippen LogP contribution >= 0.6 is 23.2 Å². The molecule has 1 aliphatic rings. The van der Waals surface area contributed by atoms with E-state index in [1.54, 1.807) is 36.4 Å². The van der Waals surface area contributed by atoms with Gasteiger partial charge in [-0.05, 0) is 24.3 Å². The molecule has 0 saturated carbocycles. The number of benzene rings is 3. The van der Waals surface area contributed by atoms with Gasteiger partial charge in [-0.25, -0.2) is 4.39 Å². The molecule has 1 heterocycles. The van der Waals surface area contributed by atoms with Crippen molar-refractivity contribution in [3.8, 4) is 11.5 Å². The highest BCUT2D eigenvalue weighted by molar-refractivity contribution is 6.52. The van der Waals surface area contributed by atoms with E-state index in [1.165, 1.54) is 38.5 Å². The normalized spacial score (nSPS) is 17.2. The maximum Gasteiger partial charge on any atom is 0.300 e. The van der Waals surface area contributed by atoms with Gasteiger partial charge in [-0.1, -0.05) is 59.6 Å². The molecule has 0 aliphatic carbocycles. The third-order valence-electron chi connectivity index (χ3n) is 5.47. The van der Waals surface area contributed by atoms with Crippen LogP contribution < -0.4 is 14.4 Å². The maximum atomic E-state index is 15.0. The third kappa shape index (κ3) is 3.77. The number of amides is 1. The molecule has 1 amide bonds. The Morgan fingerprint density at radius 3 is 2.21 bits per heavy atom. The second-order valence-corrected chi connectivity index (χ2v) is 8.10. The number of Topliss-reactive ketones (excluding diaryl/α,β-unsaturated/α-hetero) is 1. The van der Waals surface area contributed by atoms with Crippen LogP contribution in [0.15, 0.2) is 66.2 Å². The number of hydrogen-bond donors (Lipinski definition) is 1. The monoisotopic (exact) mass is 501 g/mol. The van der Waals surface area contributed by atoms with Gasteiger partial charge < -0.3 is 14.6 Å². The Labute approximate surface area is 204 Å². The summed E-state index contributed by atoms with van der Waals surface area (Å²) in [5, 5.41) is 11.3. The molecule has 0 radical (unpaired) electrons. The molecule has 1 N–H and O–H groups in total. The van der Waals surface area contributed by atoms with Crippen molar-refractivity contribution < 1.29 is 28.6 Å². The highest BCUT2D eigenvalue weighted by atomic mass is 35.5. The number of nitrogens with zero attached hydrogens (tertiary/aromatic N) is 1. The number of hydrogen-bond acceptors (Lipinski definition) is 5. The van der Waals surface area contributed by atoms with E-state index >= 15 is 0 Å². The minimum Gasteiger partial charge on any atom is -0.507 e. The Bertz CT molecular complexity index is 1330. The molecule has 0 aromatic heterocycles. The Morgan fingerprint density at radius 1 is 0.971 bits per heavy atom. The molecular weight excluding hydrogens is 484 g/mol. The van der Waals surface area contributed by atoms with Gasteiger partial charge in [0, 0.05) is 11.3 Å². The SMILES string of the molecule is COc1c(Cl)cc(/C(O)=C2\C(=O)C(=O)N(c3ccccc3)C2c2ccccc2F)c(OC)c1Cl. The lowest BCUT2D eigenvalue weighted by Gasteiger charge is -2.26. The van der Waals surface area contributed by atoms with Crippen molar-refractivity contribution in [3.05, 3.63) is 93.2 Å². The molecule has 1 atom stereocenters. The van der Waals surface area contributed by atoms with Crippen molar-refractivity contribution in [2.75, 3.05) is 19.1 Å². The van der Waals surface area contributed by atoms with E-state index in [0.717, 1.165) is 4.90 Å². The van der Waals surface area contributed by atoms with Gasteiger partial charge in [-0.3, -0.25) is 14.5 Å². The fraction of sp³-hybridized carbons (Fsp3) is 0.120. The summed E-state index contributed by atoms with van der Waals surface area (Å²) in [6, 6.07) is 14.1. The van der Waals surface area contributed by atoms with Crippen molar-refractivity contribution >= 4 is 46.3 Å². The number of ether oxygens (including phenoxy) is 2. The minimum absolute atomic E-state index is 0.0248. The highest BCUT2D eigenvalue weighted by Crippen LogP contribution is 2.48. The summed E-state index contributed by atoms with van der Waals surface area (Å²) in [5.41, 5.74) is -0.00769. The van der Waals surface area contributed by atoms with E-state index in [9.17, 15) is 19.1 Å². The van der Waals surface area contributed by atoms with E-state index in [-0.39, 0.29) is 38.2 Å². The van der Waals surface area contributed by atoms with Gasteiger partial charge in [0.2, 0.25) is 0 Å². The number of carbonyl (C=O) groups excluding carboxylic acids is 2. The fourth-order valence-electron chi connectivity index (χ4n) is 3.97. The average Bonchev–Trinajstić information content (AvgIpc) is 3.09. The van der Waals surface area contributed by atoms with Crippen molar-refractivity contribution in [1.82, 2.24) is 0 Å². The quantitative estimate of drug-likeness (QED) is 0.272. The zero-order valence-corrected chi connectivity index (χ0v) is 19.5. The molecule has 0 bridgehead atoms. The molecule has 3 aromatic rings. The van der Waals surface area contributed by atoms with Crippen molar-refractivity contribution in [3.63, 3.8) is 0 Å². The molecule has 1 unspecified atom stereocenters. The smallest absolute Gasteiger partial charge is 0.300 e. The van der Waals surface area contributed by atoms with Gasteiger partial charge in [0.05, 0.1) is 36.4 Å². The number of ketones is 1. The number of anilines is 1. The molecule has 34 heavy (non-hydrogen) atoms. The van der Waals surface area contributed by atoms with E-state index in [1.807, 2.05) is 0 Å². The average molecular weight is 502 g/mol. The van der Waals surface area contributed by atoms with E-state index < -0.39 is 29.3 Å². The molecule has 0 spiro atoms. The van der Waals surface area contributed by atoms with Gasteiger partial charge in [-0.2, -0.15) is 0 Å². The highest BCUT2D eigenvalue weighted by Gasteiger charge is 2.48. The van der Waals surface area contributed by atoms with E-state index in [2.05, 4.69) is 0 Å². The van der Waals surface area contributed by atoms with Crippen LogP contribution in [0, 0.1) is 5.82 Å². The first-order valence-corrected chi connectivity index (χ1v) is 10.8. The third-order valence-corrected chi connectivity index (χ3v) is 6.10. The van der Waals surface area contributed by atoms with E-state index in [0.29, 0.717) is 5.69 Å². The Morgan fingerprint density at radius 2 is 1.59 bits per heavy atom. The maximum absolute atomic E-state index is 15.0. The van der Waals surface area contributed by atoms with Crippen LogP contribution in [0.1, 0.15) is 17.2 Å². The Balaban J connectivity index is 2.04. The van der Waals surface area contributed by atoms with Crippen LogP contribution in [-0.4, -0.2) is 31.0 Å². The van der Waals surface area contributed by atoms with Gasteiger partial charge in [0.15, 0.2) is 11.5 Å². The van der Waals surface area contributed by atoms with Crippen LogP contribution in [0.5, 0.6) is 11.5 Å². The summed E-state index contributed by atoms with van der Waals surface area (Å²) in [6.07, 6.45) is 0. The number of carbonyl (C=O) groups is 2. The second kappa shape index (κ2) is 9.37. The van der Waals surface area contributed by atoms with Crippen LogP contribution in [0.25, 0.3) is 5.76 Å². The number of aliphatic hydroxyl groups excluding tert-OH is 1. The van der Waals surface area contributed by atoms with Crippen molar-refractivity contribution in [1.29, 1.82) is 0 Å². The summed E-state index contributed by atoms with van der Waals surface area (Å²) in [7, 11) is 2.66. The van der Waals surface area contributed by atoms with Crippen molar-refractivity contribution in [2.24, 2.45) is 0 Å². The Kier molecular flexibility index (Phi) is 6.50. The molecule has 3 aromatic carbocycles. The minimum atomic E-state index is -1.26. The Hall–Kier alpha value is -3.55. The molecule has 6 nitrogen and oxygen atoms in total. The largest absolute Gasteiger partial charge is 0.507 e. The lowest BCUT2D eigenvalue weighted by Crippen LogP contribution is -2.29. The standard InChI is InChI=1S/C25H18Cl2FNO5/c1-33-23-15(12-16(26)24(34-2)19(23)27)21(30)18-20(14-10-6-7-11-17(14)28)29(25(32)22(18)31)13-8-4-3-5-9-13/h3-12,20,30H,1-2H3/b21-18+. The summed E-state index contributed by atoms with van der Waals surface area (Å²) >= 11 is 12.6. The van der Waals surface area contributed by atoms with Crippen molar-refractivity contribution in [2.45, 2.75) is 6.04 Å². The molecule has 1 saturated heterocycles. The first-order chi connectivity index (χ1) is 16.3. The van der Waals surface area contributed by atoms with E-state index in [4.69, 9.17) is 32.7 Å². The first-order valence-electron chi connectivity index (χ1n) is 10.0. The zero-order chi connectivity index (χ0) is 24.6. The van der Waals surface area contributed by atoms with Crippen LogP contribution in [0.3, 0.4) is 0 Å². The summed E-state index contributed by atoms with van der Waals surface area (Å²) in [6.45, 7) is 0. The first kappa shape index (κ1) is 23.6. The molecule has 1 fully saturated rings. The van der Waals surface area contributed by atoms with Gasteiger partial charge in [-0.15, -0.1) is 0 Å².